The summed E-state index contributed by atoms with van der Waals surface area (Å²) in [7, 11) is 4.16. The summed E-state index contributed by atoms with van der Waals surface area (Å²) >= 11 is 0. The van der Waals surface area contributed by atoms with Crippen LogP contribution in [0.5, 0.6) is 0 Å². The Hall–Kier alpha value is -2.67. The number of pyridine rings is 1. The van der Waals surface area contributed by atoms with Crippen molar-refractivity contribution >= 4 is 11.6 Å². The van der Waals surface area contributed by atoms with Crippen LogP contribution in [0.1, 0.15) is 40.8 Å². The first-order chi connectivity index (χ1) is 13.5. The van der Waals surface area contributed by atoms with Gasteiger partial charge in [-0.25, -0.2) is 9.97 Å². The number of rotatable bonds is 5. The van der Waals surface area contributed by atoms with Gasteiger partial charge in [-0.15, -0.1) is 0 Å². The molecular formula is C21H28N6O. The summed E-state index contributed by atoms with van der Waals surface area (Å²) in [6.07, 6.45) is 7.83. The molecule has 0 spiro atoms. The highest BCUT2D eigenvalue weighted by molar-refractivity contribution is 5.93. The van der Waals surface area contributed by atoms with Gasteiger partial charge in [0, 0.05) is 56.4 Å². The molecule has 0 unspecified atom stereocenters. The zero-order valence-corrected chi connectivity index (χ0v) is 16.9. The number of piperidine rings is 1. The molecule has 1 amide bonds. The molecular weight excluding hydrogens is 352 g/mol. The number of hydrogen-bond acceptors (Lipinski definition) is 4. The zero-order valence-electron chi connectivity index (χ0n) is 16.9. The molecule has 1 aliphatic rings. The Kier molecular flexibility index (Phi) is 5.17. The van der Waals surface area contributed by atoms with Gasteiger partial charge in [0.25, 0.3) is 5.91 Å². The van der Waals surface area contributed by atoms with E-state index in [4.69, 9.17) is 0 Å². The number of aryl methyl sites for hydroxylation is 1. The fraction of sp³-hybridized carbons (Fsp3) is 0.476. The first-order valence-corrected chi connectivity index (χ1v) is 9.92. The monoisotopic (exact) mass is 380 g/mol. The molecule has 0 aliphatic carbocycles. The number of amides is 1. The van der Waals surface area contributed by atoms with Crippen LogP contribution in [0.25, 0.3) is 5.65 Å². The van der Waals surface area contributed by atoms with Crippen LogP contribution in [0.4, 0.5) is 0 Å². The maximum atomic E-state index is 13.1. The minimum Gasteiger partial charge on any atom is -0.337 e. The molecule has 0 saturated carbocycles. The predicted octanol–water partition coefficient (Wildman–Crippen LogP) is 2.42. The Morgan fingerprint density at radius 2 is 2.18 bits per heavy atom. The lowest BCUT2D eigenvalue weighted by atomic mass is 9.97. The first kappa shape index (κ1) is 18.7. The maximum Gasteiger partial charge on any atom is 0.274 e. The summed E-state index contributed by atoms with van der Waals surface area (Å²) in [6, 6.07) is 5.92. The summed E-state index contributed by atoms with van der Waals surface area (Å²) in [4.78, 5) is 26.4. The molecule has 0 radical (unpaired) electrons. The van der Waals surface area contributed by atoms with Crippen LogP contribution >= 0.6 is 0 Å². The number of imidazole rings is 2. The average molecular weight is 380 g/mol. The van der Waals surface area contributed by atoms with E-state index >= 15 is 0 Å². The Morgan fingerprint density at radius 3 is 2.96 bits per heavy atom. The van der Waals surface area contributed by atoms with Gasteiger partial charge in [0.05, 0.1) is 0 Å². The third kappa shape index (κ3) is 3.67. The van der Waals surface area contributed by atoms with Crippen LogP contribution in [0.3, 0.4) is 0 Å². The van der Waals surface area contributed by atoms with Crippen molar-refractivity contribution < 1.29 is 4.79 Å². The van der Waals surface area contributed by atoms with Gasteiger partial charge in [-0.3, -0.25) is 4.79 Å². The molecule has 148 valence electrons. The SMILES string of the molecule is Cc1cccc2nc(C(=O)N3CCC[C@H](c4nccn4CCN(C)C)C3)cn12. The number of aromatic nitrogens is 4. The standard InChI is InChI=1S/C21H28N6O/c1-16-6-4-8-19-23-18(15-27(16)19)21(28)26-10-5-7-17(14-26)20-22-9-11-25(20)13-12-24(2)3/h4,6,8-9,11,15,17H,5,7,10,12-14H2,1-3H3/t17-/m0/s1. The molecule has 1 atom stereocenters. The predicted molar refractivity (Wildman–Crippen MR) is 109 cm³/mol. The van der Waals surface area contributed by atoms with Gasteiger partial charge >= 0.3 is 0 Å². The van der Waals surface area contributed by atoms with Crippen LogP contribution in [0, 0.1) is 6.92 Å². The minimum absolute atomic E-state index is 0.0131. The molecule has 0 aromatic carbocycles. The van der Waals surface area contributed by atoms with E-state index < -0.39 is 0 Å². The average Bonchev–Trinajstić information content (AvgIpc) is 3.33. The highest BCUT2D eigenvalue weighted by Crippen LogP contribution is 2.27. The Labute approximate surface area is 165 Å². The second kappa shape index (κ2) is 7.75. The van der Waals surface area contributed by atoms with E-state index in [9.17, 15) is 4.79 Å². The van der Waals surface area contributed by atoms with Gasteiger partial charge in [0.15, 0.2) is 0 Å². The largest absolute Gasteiger partial charge is 0.337 e. The van der Waals surface area contributed by atoms with E-state index in [-0.39, 0.29) is 11.8 Å². The number of carbonyl (C=O) groups excluding carboxylic acids is 1. The van der Waals surface area contributed by atoms with Crippen molar-refractivity contribution in [1.29, 1.82) is 0 Å². The number of carbonyl (C=O) groups is 1. The van der Waals surface area contributed by atoms with Gasteiger partial charge in [-0.05, 0) is 46.0 Å². The van der Waals surface area contributed by atoms with Crippen molar-refractivity contribution in [2.75, 3.05) is 33.7 Å². The van der Waals surface area contributed by atoms with Crippen LogP contribution in [0.2, 0.25) is 0 Å². The van der Waals surface area contributed by atoms with Crippen molar-refractivity contribution in [3.05, 3.63) is 54.0 Å². The van der Waals surface area contributed by atoms with E-state index in [1.165, 1.54) is 0 Å². The van der Waals surface area contributed by atoms with Crippen molar-refractivity contribution in [2.45, 2.75) is 32.2 Å². The fourth-order valence-corrected chi connectivity index (χ4v) is 3.96. The van der Waals surface area contributed by atoms with Gasteiger partial charge < -0.3 is 18.8 Å². The Balaban J connectivity index is 1.51. The third-order valence-corrected chi connectivity index (χ3v) is 5.52. The van der Waals surface area contributed by atoms with Crippen LogP contribution < -0.4 is 0 Å². The van der Waals surface area contributed by atoms with E-state index in [2.05, 4.69) is 33.5 Å². The third-order valence-electron chi connectivity index (χ3n) is 5.52. The van der Waals surface area contributed by atoms with Gasteiger partial charge in [-0.2, -0.15) is 0 Å². The molecule has 7 heteroatoms. The Morgan fingerprint density at radius 1 is 1.32 bits per heavy atom. The quantitative estimate of drug-likeness (QED) is 0.682. The lowest BCUT2D eigenvalue weighted by Gasteiger charge is -2.32. The molecule has 7 nitrogen and oxygen atoms in total. The number of likely N-dealkylation sites (tertiary alicyclic amines) is 1. The number of hydrogen-bond donors (Lipinski definition) is 0. The van der Waals surface area contributed by atoms with E-state index in [1.54, 1.807) is 0 Å². The van der Waals surface area contributed by atoms with Crippen LogP contribution in [-0.4, -0.2) is 68.4 Å². The van der Waals surface area contributed by atoms with E-state index in [0.29, 0.717) is 12.2 Å². The van der Waals surface area contributed by atoms with Gasteiger partial charge in [0.1, 0.15) is 17.2 Å². The summed E-state index contributed by atoms with van der Waals surface area (Å²) in [5, 5.41) is 0. The molecule has 0 N–H and O–H groups in total. The summed E-state index contributed by atoms with van der Waals surface area (Å²) in [5.74, 6) is 1.37. The number of fused-ring (bicyclic) bond motifs is 1. The molecule has 1 aliphatic heterocycles. The normalized spacial score (nSPS) is 17.6. The van der Waals surface area contributed by atoms with Crippen LogP contribution in [0.15, 0.2) is 36.8 Å². The summed E-state index contributed by atoms with van der Waals surface area (Å²) in [5.41, 5.74) is 2.41. The highest BCUT2D eigenvalue weighted by atomic mass is 16.2. The number of nitrogens with zero attached hydrogens (tertiary/aromatic N) is 6. The molecule has 0 bridgehead atoms. The highest BCUT2D eigenvalue weighted by Gasteiger charge is 2.29. The maximum absolute atomic E-state index is 13.1. The lowest BCUT2D eigenvalue weighted by Crippen LogP contribution is -2.40. The smallest absolute Gasteiger partial charge is 0.274 e. The number of likely N-dealkylation sites (N-methyl/N-ethyl adjacent to an activating group) is 1. The molecule has 28 heavy (non-hydrogen) atoms. The Bertz CT molecular complexity index is 972. The van der Waals surface area contributed by atoms with Crippen molar-refractivity contribution in [3.8, 4) is 0 Å². The molecule has 1 saturated heterocycles. The zero-order chi connectivity index (χ0) is 19.7. The van der Waals surface area contributed by atoms with E-state index in [0.717, 1.165) is 49.6 Å². The van der Waals surface area contributed by atoms with Gasteiger partial charge in [0.2, 0.25) is 0 Å². The topological polar surface area (TPSA) is 58.7 Å². The van der Waals surface area contributed by atoms with Crippen molar-refractivity contribution in [1.82, 2.24) is 28.7 Å². The molecule has 3 aromatic heterocycles. The molecule has 3 aromatic rings. The minimum atomic E-state index is 0.0131. The first-order valence-electron chi connectivity index (χ1n) is 9.92. The van der Waals surface area contributed by atoms with Gasteiger partial charge in [-0.1, -0.05) is 6.07 Å². The van der Waals surface area contributed by atoms with Crippen LogP contribution in [-0.2, 0) is 6.54 Å². The fourth-order valence-electron chi connectivity index (χ4n) is 3.96. The second-order valence-corrected chi connectivity index (χ2v) is 7.89. The van der Waals surface area contributed by atoms with Crippen molar-refractivity contribution in [2.24, 2.45) is 0 Å². The second-order valence-electron chi connectivity index (χ2n) is 7.89. The van der Waals surface area contributed by atoms with E-state index in [1.807, 2.05) is 53.0 Å². The molecule has 1 fully saturated rings. The summed E-state index contributed by atoms with van der Waals surface area (Å²) < 4.78 is 4.20. The summed E-state index contributed by atoms with van der Waals surface area (Å²) in [6.45, 7) is 5.39. The molecule has 4 heterocycles. The lowest BCUT2D eigenvalue weighted by molar-refractivity contribution is 0.0698. The molecule has 4 rings (SSSR count). The van der Waals surface area contributed by atoms with Crippen molar-refractivity contribution in [3.63, 3.8) is 0 Å².